The first-order valence-electron chi connectivity index (χ1n) is 6.58. The maximum absolute atomic E-state index is 12.3. The minimum absolute atomic E-state index is 0.0731. The number of alkyl halides is 3. The van der Waals surface area contributed by atoms with E-state index in [0.29, 0.717) is 17.7 Å². The van der Waals surface area contributed by atoms with Crippen LogP contribution in [0.1, 0.15) is 19.3 Å². The fourth-order valence-corrected chi connectivity index (χ4v) is 2.63. The van der Waals surface area contributed by atoms with Gasteiger partial charge in [0.05, 0.1) is 11.8 Å². The third kappa shape index (κ3) is 3.45. The molecule has 21 heavy (non-hydrogen) atoms. The first kappa shape index (κ1) is 15.6. The van der Waals surface area contributed by atoms with Crippen LogP contribution in [-0.2, 0) is 14.4 Å². The predicted molar refractivity (Wildman–Crippen MR) is 63.0 cm³/mol. The largest absolute Gasteiger partial charge is 0.481 e. The van der Waals surface area contributed by atoms with Crippen LogP contribution in [-0.4, -0.2) is 53.1 Å². The summed E-state index contributed by atoms with van der Waals surface area (Å²) >= 11 is 0. The van der Waals surface area contributed by atoms with Gasteiger partial charge in [0, 0.05) is 6.54 Å². The zero-order valence-electron chi connectivity index (χ0n) is 11.0. The topological polar surface area (TPSA) is 86.7 Å². The lowest BCUT2D eigenvalue weighted by atomic mass is 9.73. The molecular weight excluding hydrogens is 293 g/mol. The number of carboxylic acids is 1. The number of carbonyl (C=O) groups is 3. The molecule has 2 amide bonds. The van der Waals surface area contributed by atoms with Gasteiger partial charge in [-0.05, 0) is 19.3 Å². The molecule has 118 valence electrons. The highest BCUT2D eigenvalue weighted by Crippen LogP contribution is 2.34. The molecule has 0 aromatic heterocycles. The summed E-state index contributed by atoms with van der Waals surface area (Å²) in [5, 5.41) is 11.2. The summed E-state index contributed by atoms with van der Waals surface area (Å²) in [6.45, 7) is -1.41. The van der Waals surface area contributed by atoms with Crippen LogP contribution >= 0.6 is 0 Å². The molecule has 2 rings (SSSR count). The molecule has 0 aromatic carbocycles. The lowest BCUT2D eigenvalue weighted by Gasteiger charge is -2.32. The number of nitrogens with one attached hydrogen (secondary N) is 1. The molecule has 9 heteroatoms. The molecule has 1 aliphatic heterocycles. The zero-order valence-corrected chi connectivity index (χ0v) is 11.0. The van der Waals surface area contributed by atoms with Crippen LogP contribution in [0.5, 0.6) is 0 Å². The molecule has 1 saturated heterocycles. The zero-order chi connectivity index (χ0) is 15.8. The van der Waals surface area contributed by atoms with Crippen LogP contribution in [0.2, 0.25) is 0 Å². The van der Waals surface area contributed by atoms with E-state index in [1.54, 1.807) is 0 Å². The van der Waals surface area contributed by atoms with Gasteiger partial charge < -0.3 is 15.3 Å². The number of carboxylic acid groups (broad SMARTS) is 1. The first-order chi connectivity index (χ1) is 9.69. The number of carbonyl (C=O) groups excluding carboxylic acids is 2. The van der Waals surface area contributed by atoms with Gasteiger partial charge in [0.25, 0.3) is 0 Å². The number of amides is 2. The number of hydrogen-bond acceptors (Lipinski definition) is 3. The Morgan fingerprint density at radius 3 is 2.33 bits per heavy atom. The van der Waals surface area contributed by atoms with Crippen LogP contribution in [0.3, 0.4) is 0 Å². The van der Waals surface area contributed by atoms with Crippen molar-refractivity contribution in [3.05, 3.63) is 0 Å². The van der Waals surface area contributed by atoms with E-state index in [4.69, 9.17) is 5.11 Å². The highest BCUT2D eigenvalue weighted by molar-refractivity contribution is 5.92. The fourth-order valence-electron chi connectivity index (χ4n) is 2.63. The van der Waals surface area contributed by atoms with Gasteiger partial charge in [0.2, 0.25) is 11.8 Å². The van der Waals surface area contributed by atoms with Crippen molar-refractivity contribution in [2.45, 2.75) is 31.5 Å². The summed E-state index contributed by atoms with van der Waals surface area (Å²) in [4.78, 5) is 35.1. The molecule has 0 bridgehead atoms. The monoisotopic (exact) mass is 308 g/mol. The number of hydrogen-bond donors (Lipinski definition) is 2. The van der Waals surface area contributed by atoms with Crippen molar-refractivity contribution in [3.63, 3.8) is 0 Å². The molecule has 0 aromatic rings. The SMILES string of the molecule is O=C(O)C1CCC1C(=O)NC1CCN(CC(F)(F)F)C1=O. The van der Waals surface area contributed by atoms with E-state index in [2.05, 4.69) is 5.32 Å². The molecule has 0 radical (unpaired) electrons. The molecule has 3 atom stereocenters. The normalized spacial score (nSPS) is 29.2. The molecule has 2 fully saturated rings. The molecule has 1 heterocycles. The van der Waals surface area contributed by atoms with Crippen LogP contribution in [0.15, 0.2) is 0 Å². The van der Waals surface area contributed by atoms with E-state index in [0.717, 1.165) is 0 Å². The Labute approximate surface area is 118 Å². The summed E-state index contributed by atoms with van der Waals surface area (Å²) in [7, 11) is 0. The number of nitrogens with zero attached hydrogens (tertiary/aromatic N) is 1. The highest BCUT2D eigenvalue weighted by Gasteiger charge is 2.44. The predicted octanol–water partition coefficient (Wildman–Crippen LogP) is 0.377. The van der Waals surface area contributed by atoms with Crippen molar-refractivity contribution in [2.24, 2.45) is 11.8 Å². The molecule has 2 aliphatic rings. The third-order valence-electron chi connectivity index (χ3n) is 3.91. The number of aliphatic carboxylic acids is 1. The Kier molecular flexibility index (Phi) is 4.11. The third-order valence-corrected chi connectivity index (χ3v) is 3.91. The number of likely N-dealkylation sites (tertiary alicyclic amines) is 1. The maximum Gasteiger partial charge on any atom is 0.406 e. The first-order valence-corrected chi connectivity index (χ1v) is 6.58. The van der Waals surface area contributed by atoms with Crippen LogP contribution in [0, 0.1) is 11.8 Å². The standard InChI is InChI=1S/C12H15F3N2O4/c13-12(14,15)5-17-4-3-8(10(17)19)16-9(18)6-1-2-7(6)11(20)21/h6-8H,1-5H2,(H,16,18)(H,20,21). The summed E-state index contributed by atoms with van der Waals surface area (Å²) in [6, 6.07) is -0.991. The van der Waals surface area contributed by atoms with E-state index >= 15 is 0 Å². The van der Waals surface area contributed by atoms with Crippen LogP contribution in [0.4, 0.5) is 13.2 Å². The Morgan fingerprint density at radius 2 is 1.86 bits per heavy atom. The smallest absolute Gasteiger partial charge is 0.406 e. The average Bonchev–Trinajstić information content (AvgIpc) is 2.57. The van der Waals surface area contributed by atoms with E-state index in [1.165, 1.54) is 0 Å². The number of halogens is 3. The molecular formula is C12H15F3N2O4. The van der Waals surface area contributed by atoms with Crippen molar-refractivity contribution in [1.82, 2.24) is 10.2 Å². The van der Waals surface area contributed by atoms with Gasteiger partial charge in [-0.2, -0.15) is 13.2 Å². The summed E-state index contributed by atoms with van der Waals surface area (Å²) in [5.41, 5.74) is 0. The molecule has 3 unspecified atom stereocenters. The van der Waals surface area contributed by atoms with Crippen LogP contribution < -0.4 is 5.32 Å². The summed E-state index contributed by atoms with van der Waals surface area (Å²) in [6.07, 6.45) is -3.57. The van der Waals surface area contributed by atoms with E-state index in [9.17, 15) is 27.6 Å². The quantitative estimate of drug-likeness (QED) is 0.786. The molecule has 2 N–H and O–H groups in total. The van der Waals surface area contributed by atoms with Gasteiger partial charge in [-0.3, -0.25) is 14.4 Å². The minimum Gasteiger partial charge on any atom is -0.481 e. The van der Waals surface area contributed by atoms with Crippen LogP contribution in [0.25, 0.3) is 0 Å². The summed E-state index contributed by atoms with van der Waals surface area (Å²) in [5.74, 6) is -3.88. The average molecular weight is 308 g/mol. The molecule has 1 aliphatic carbocycles. The second-order valence-corrected chi connectivity index (χ2v) is 5.35. The van der Waals surface area contributed by atoms with Gasteiger partial charge in [0.1, 0.15) is 12.6 Å². The maximum atomic E-state index is 12.3. The van der Waals surface area contributed by atoms with Crippen molar-refractivity contribution in [2.75, 3.05) is 13.1 Å². The lowest BCUT2D eigenvalue weighted by Crippen LogP contribution is -2.50. The van der Waals surface area contributed by atoms with Crippen molar-refractivity contribution in [1.29, 1.82) is 0 Å². The molecule has 1 saturated carbocycles. The molecule has 0 spiro atoms. The lowest BCUT2D eigenvalue weighted by molar-refractivity contribution is -0.158. The van der Waals surface area contributed by atoms with E-state index in [-0.39, 0.29) is 13.0 Å². The Hall–Kier alpha value is -1.80. The van der Waals surface area contributed by atoms with Crippen molar-refractivity contribution >= 4 is 17.8 Å². The Morgan fingerprint density at radius 1 is 1.24 bits per heavy atom. The summed E-state index contributed by atoms with van der Waals surface area (Å²) < 4.78 is 36.8. The van der Waals surface area contributed by atoms with Crippen molar-refractivity contribution in [3.8, 4) is 0 Å². The van der Waals surface area contributed by atoms with Gasteiger partial charge in [-0.25, -0.2) is 0 Å². The van der Waals surface area contributed by atoms with E-state index < -0.39 is 48.4 Å². The van der Waals surface area contributed by atoms with Gasteiger partial charge in [0.15, 0.2) is 0 Å². The van der Waals surface area contributed by atoms with E-state index in [1.807, 2.05) is 0 Å². The van der Waals surface area contributed by atoms with Crippen molar-refractivity contribution < 1.29 is 32.7 Å². The Bertz CT molecular complexity index is 466. The second kappa shape index (κ2) is 5.53. The van der Waals surface area contributed by atoms with Gasteiger partial charge in [-0.1, -0.05) is 0 Å². The highest BCUT2D eigenvalue weighted by atomic mass is 19.4. The van der Waals surface area contributed by atoms with Gasteiger partial charge >= 0.3 is 12.1 Å². The minimum atomic E-state index is -4.48. The fraction of sp³-hybridized carbons (Fsp3) is 0.750. The Balaban J connectivity index is 1.88. The van der Waals surface area contributed by atoms with Gasteiger partial charge in [-0.15, -0.1) is 0 Å². The molecule has 6 nitrogen and oxygen atoms in total. The number of rotatable bonds is 4. The second-order valence-electron chi connectivity index (χ2n) is 5.35.